The number of hydrogen-bond donors (Lipinski definition) is 1. The second kappa shape index (κ2) is 9.65. The molecule has 1 amide bonds. The zero-order chi connectivity index (χ0) is 19.8. The summed E-state index contributed by atoms with van der Waals surface area (Å²) in [6.07, 6.45) is 2.25. The number of carbonyl (C=O) groups excluding carboxylic acids is 1. The van der Waals surface area contributed by atoms with E-state index in [1.165, 1.54) is 6.08 Å². The fourth-order valence-corrected chi connectivity index (χ4v) is 2.48. The normalized spacial score (nSPS) is 12.0. The highest BCUT2D eigenvalue weighted by Crippen LogP contribution is 2.34. The van der Waals surface area contributed by atoms with Crippen LogP contribution in [0.1, 0.15) is 25.8 Å². The Bertz CT molecular complexity index is 887. The average Bonchev–Trinajstić information content (AvgIpc) is 2.66. The number of para-hydroxylation sites is 1. The first-order valence-electron chi connectivity index (χ1n) is 8.50. The van der Waals surface area contributed by atoms with Gasteiger partial charge in [-0.25, -0.2) is 0 Å². The number of nitriles is 1. The van der Waals surface area contributed by atoms with Crippen molar-refractivity contribution in [3.05, 3.63) is 58.6 Å². The molecule has 0 aromatic heterocycles. The van der Waals surface area contributed by atoms with E-state index < -0.39 is 5.91 Å². The predicted octanol–water partition coefficient (Wildman–Crippen LogP) is 5.07. The van der Waals surface area contributed by atoms with E-state index in [1.54, 1.807) is 49.6 Å². The highest BCUT2D eigenvalue weighted by atomic mass is 35.5. The Morgan fingerprint density at radius 2 is 2.07 bits per heavy atom. The van der Waals surface area contributed by atoms with Crippen molar-refractivity contribution in [1.29, 1.82) is 5.26 Å². The Kier molecular flexibility index (Phi) is 7.27. The second-order valence-corrected chi connectivity index (χ2v) is 6.29. The molecular formula is C21H21ClN2O3. The molecule has 0 fully saturated rings. The number of carbonyl (C=O) groups is 1. The third kappa shape index (κ3) is 5.50. The summed E-state index contributed by atoms with van der Waals surface area (Å²) in [5.41, 5.74) is 1.04. The van der Waals surface area contributed by atoms with Gasteiger partial charge < -0.3 is 14.8 Å². The van der Waals surface area contributed by atoms with Crippen LogP contribution in [-0.4, -0.2) is 19.1 Å². The topological polar surface area (TPSA) is 71.3 Å². The molecule has 2 aromatic carbocycles. The first-order valence-corrected chi connectivity index (χ1v) is 8.88. The van der Waals surface area contributed by atoms with Crippen LogP contribution in [0.2, 0.25) is 5.02 Å². The number of amides is 1. The molecule has 2 rings (SSSR count). The number of rotatable bonds is 7. The van der Waals surface area contributed by atoms with Crippen LogP contribution in [0.15, 0.2) is 48.0 Å². The minimum atomic E-state index is -0.530. The minimum absolute atomic E-state index is 0.0423. The summed E-state index contributed by atoms with van der Waals surface area (Å²) < 4.78 is 11.3. The van der Waals surface area contributed by atoms with Gasteiger partial charge >= 0.3 is 0 Å². The van der Waals surface area contributed by atoms with Gasteiger partial charge in [-0.1, -0.05) is 36.7 Å². The summed E-state index contributed by atoms with van der Waals surface area (Å²) >= 11 is 5.93. The van der Waals surface area contributed by atoms with E-state index in [4.69, 9.17) is 21.1 Å². The molecule has 1 atom stereocenters. The lowest BCUT2D eigenvalue weighted by molar-refractivity contribution is -0.112. The van der Waals surface area contributed by atoms with Crippen molar-refractivity contribution < 1.29 is 14.3 Å². The number of anilines is 1. The van der Waals surface area contributed by atoms with Gasteiger partial charge in [-0.3, -0.25) is 4.79 Å². The van der Waals surface area contributed by atoms with E-state index in [-0.39, 0.29) is 11.7 Å². The van der Waals surface area contributed by atoms with Gasteiger partial charge in [0, 0.05) is 16.3 Å². The van der Waals surface area contributed by atoms with Crippen LogP contribution in [0.4, 0.5) is 5.69 Å². The quantitative estimate of drug-likeness (QED) is 0.534. The third-order valence-corrected chi connectivity index (χ3v) is 4.11. The molecule has 0 aliphatic heterocycles. The third-order valence-electron chi connectivity index (χ3n) is 3.87. The smallest absolute Gasteiger partial charge is 0.266 e. The summed E-state index contributed by atoms with van der Waals surface area (Å²) in [4.78, 5) is 12.5. The fraction of sp³-hybridized carbons (Fsp3) is 0.238. The molecule has 0 unspecified atom stereocenters. The highest BCUT2D eigenvalue weighted by Gasteiger charge is 2.15. The average molecular weight is 385 g/mol. The van der Waals surface area contributed by atoms with Crippen LogP contribution in [-0.2, 0) is 4.79 Å². The SMILES string of the molecule is CC[C@@H](C)Oc1c(/C=C(\C#N)C(=O)Nc2cccc(Cl)c2)cccc1OC. The van der Waals surface area contributed by atoms with E-state index >= 15 is 0 Å². The van der Waals surface area contributed by atoms with Gasteiger partial charge in [0.2, 0.25) is 0 Å². The van der Waals surface area contributed by atoms with E-state index in [0.717, 1.165) is 6.42 Å². The van der Waals surface area contributed by atoms with E-state index in [0.29, 0.717) is 27.8 Å². The molecule has 0 saturated heterocycles. The van der Waals surface area contributed by atoms with E-state index in [9.17, 15) is 10.1 Å². The van der Waals surface area contributed by atoms with Crippen molar-refractivity contribution in [3.8, 4) is 17.6 Å². The Hall–Kier alpha value is -2.97. The molecule has 0 saturated carbocycles. The Morgan fingerprint density at radius 3 is 2.70 bits per heavy atom. The van der Waals surface area contributed by atoms with Crippen LogP contribution in [0.25, 0.3) is 6.08 Å². The molecule has 140 valence electrons. The van der Waals surface area contributed by atoms with Gasteiger partial charge in [-0.05, 0) is 43.7 Å². The summed E-state index contributed by atoms with van der Waals surface area (Å²) in [6, 6.07) is 14.0. The Balaban J connectivity index is 2.36. The summed E-state index contributed by atoms with van der Waals surface area (Å²) in [5.74, 6) is 0.506. The first-order chi connectivity index (χ1) is 13.0. The molecule has 5 nitrogen and oxygen atoms in total. The van der Waals surface area contributed by atoms with Crippen LogP contribution in [0, 0.1) is 11.3 Å². The fourth-order valence-electron chi connectivity index (χ4n) is 2.29. The van der Waals surface area contributed by atoms with Crippen LogP contribution in [0.5, 0.6) is 11.5 Å². The molecule has 1 N–H and O–H groups in total. The molecule has 0 spiro atoms. The van der Waals surface area contributed by atoms with Crippen molar-refractivity contribution in [3.63, 3.8) is 0 Å². The number of nitrogens with one attached hydrogen (secondary N) is 1. The number of halogens is 1. The standard InChI is InChI=1S/C21H21ClN2O3/c1-4-14(2)27-20-15(7-5-10-19(20)26-3)11-16(13-23)21(25)24-18-9-6-8-17(22)12-18/h5-12,14H,4H2,1-3H3,(H,24,25)/b16-11+/t14-/m1/s1. The first kappa shape index (κ1) is 20.3. The van der Waals surface area contributed by atoms with Gasteiger partial charge in [0.15, 0.2) is 11.5 Å². The van der Waals surface area contributed by atoms with E-state index in [2.05, 4.69) is 5.32 Å². The van der Waals surface area contributed by atoms with Crippen molar-refractivity contribution in [2.24, 2.45) is 0 Å². The highest BCUT2D eigenvalue weighted by molar-refractivity contribution is 6.31. The summed E-state index contributed by atoms with van der Waals surface area (Å²) in [5, 5.41) is 12.6. The number of benzene rings is 2. The molecule has 0 aliphatic rings. The lowest BCUT2D eigenvalue weighted by atomic mass is 10.1. The van der Waals surface area contributed by atoms with Crippen LogP contribution >= 0.6 is 11.6 Å². The molecular weight excluding hydrogens is 364 g/mol. The summed E-state index contributed by atoms with van der Waals surface area (Å²) in [7, 11) is 1.54. The number of nitrogens with zero attached hydrogens (tertiary/aromatic N) is 1. The molecule has 0 bridgehead atoms. The van der Waals surface area contributed by atoms with Gasteiger partial charge in [-0.15, -0.1) is 0 Å². The van der Waals surface area contributed by atoms with Crippen molar-refractivity contribution >= 4 is 29.3 Å². The van der Waals surface area contributed by atoms with Gasteiger partial charge in [0.25, 0.3) is 5.91 Å². The van der Waals surface area contributed by atoms with E-state index in [1.807, 2.05) is 19.9 Å². The maximum Gasteiger partial charge on any atom is 0.266 e. The molecule has 27 heavy (non-hydrogen) atoms. The molecule has 2 aromatic rings. The largest absolute Gasteiger partial charge is 0.493 e. The van der Waals surface area contributed by atoms with Gasteiger partial charge in [0.05, 0.1) is 13.2 Å². The van der Waals surface area contributed by atoms with Crippen LogP contribution < -0.4 is 14.8 Å². The van der Waals surface area contributed by atoms with Crippen molar-refractivity contribution in [1.82, 2.24) is 0 Å². The maximum atomic E-state index is 12.5. The van der Waals surface area contributed by atoms with Gasteiger partial charge in [0.1, 0.15) is 11.6 Å². The Labute approximate surface area is 164 Å². The number of methoxy groups -OCH3 is 1. The number of hydrogen-bond acceptors (Lipinski definition) is 4. The lowest BCUT2D eigenvalue weighted by Crippen LogP contribution is -2.14. The van der Waals surface area contributed by atoms with Gasteiger partial charge in [-0.2, -0.15) is 5.26 Å². The maximum absolute atomic E-state index is 12.5. The van der Waals surface area contributed by atoms with Crippen LogP contribution in [0.3, 0.4) is 0 Å². The minimum Gasteiger partial charge on any atom is -0.493 e. The zero-order valence-corrected chi connectivity index (χ0v) is 16.2. The van der Waals surface area contributed by atoms with Crippen molar-refractivity contribution in [2.75, 3.05) is 12.4 Å². The summed E-state index contributed by atoms with van der Waals surface area (Å²) in [6.45, 7) is 3.95. The van der Waals surface area contributed by atoms with Crippen molar-refractivity contribution in [2.45, 2.75) is 26.4 Å². The monoisotopic (exact) mass is 384 g/mol. The lowest BCUT2D eigenvalue weighted by Gasteiger charge is -2.17. The second-order valence-electron chi connectivity index (χ2n) is 5.85. The number of ether oxygens (including phenoxy) is 2. The molecule has 0 aliphatic carbocycles. The molecule has 6 heteroatoms. The molecule has 0 heterocycles. The zero-order valence-electron chi connectivity index (χ0n) is 15.5. The molecule has 0 radical (unpaired) electrons. The Morgan fingerprint density at radius 1 is 1.33 bits per heavy atom. The predicted molar refractivity (Wildman–Crippen MR) is 107 cm³/mol.